The monoisotopic (exact) mass is 103 g/mol. The molecular weight excluding hydrogens is 96.0 g/mol. The van der Waals surface area contributed by atoms with Gasteiger partial charge in [0.15, 0.2) is 0 Å². The number of rotatable bonds is 2. The topological polar surface area (TPSA) is 46.2 Å². The second-order valence-electron chi connectivity index (χ2n) is 1.04. The molecule has 0 rings (SSSR count). The number of hydrogen-bond donors (Lipinski definition) is 0. The molecule has 0 unspecified atom stereocenters. The van der Waals surface area contributed by atoms with Crippen molar-refractivity contribution in [2.24, 2.45) is 0 Å². The standard InChI is InChI=1S/C4H7O3/c1-4(6)7-3-2-5/h2-3H2,1H3. The Kier molecular flexibility index (Phi) is 3.32. The van der Waals surface area contributed by atoms with E-state index in [0.29, 0.717) is 0 Å². The number of hydrogen-bond acceptors (Lipinski definition) is 2. The molecule has 0 aromatic carbocycles. The number of ether oxygens (including phenoxy) is 1. The molecule has 3 heteroatoms. The second-order valence-corrected chi connectivity index (χ2v) is 1.04. The summed E-state index contributed by atoms with van der Waals surface area (Å²) in [6.07, 6.45) is 0. The molecule has 0 heterocycles. The molecule has 3 nitrogen and oxygen atoms in total. The van der Waals surface area contributed by atoms with Crippen molar-refractivity contribution >= 4 is 5.97 Å². The summed E-state index contributed by atoms with van der Waals surface area (Å²) in [7, 11) is 0. The highest BCUT2D eigenvalue weighted by Gasteiger charge is 1.87. The zero-order valence-corrected chi connectivity index (χ0v) is 4.14. The van der Waals surface area contributed by atoms with Gasteiger partial charge in [-0.15, -0.1) is 0 Å². The van der Waals surface area contributed by atoms with Crippen LogP contribution >= 0.6 is 0 Å². The van der Waals surface area contributed by atoms with E-state index in [1.54, 1.807) is 0 Å². The first-order valence-corrected chi connectivity index (χ1v) is 1.99. The Morgan fingerprint density at radius 3 is 2.43 bits per heavy atom. The lowest BCUT2D eigenvalue weighted by Crippen LogP contribution is -2.02. The number of esters is 1. The summed E-state index contributed by atoms with van der Waals surface area (Å²) < 4.78 is 4.24. The number of carbonyl (C=O) groups is 1. The summed E-state index contributed by atoms with van der Waals surface area (Å²) in [6, 6.07) is 0. The molecule has 0 saturated carbocycles. The van der Waals surface area contributed by atoms with Gasteiger partial charge in [0, 0.05) is 6.92 Å². The summed E-state index contributed by atoms with van der Waals surface area (Å²) in [6.45, 7) is 0.921. The molecule has 7 heavy (non-hydrogen) atoms. The van der Waals surface area contributed by atoms with Gasteiger partial charge >= 0.3 is 5.97 Å². The van der Waals surface area contributed by atoms with Gasteiger partial charge in [-0.05, 0) is 0 Å². The maximum Gasteiger partial charge on any atom is 0.302 e. The second kappa shape index (κ2) is 3.61. The van der Waals surface area contributed by atoms with E-state index in [2.05, 4.69) is 4.74 Å². The minimum absolute atomic E-state index is 0.00463. The summed E-state index contributed by atoms with van der Waals surface area (Å²) in [5.74, 6) is -0.393. The Morgan fingerprint density at radius 2 is 2.29 bits per heavy atom. The van der Waals surface area contributed by atoms with Crippen molar-refractivity contribution in [1.29, 1.82) is 0 Å². The minimum atomic E-state index is -0.393. The van der Waals surface area contributed by atoms with Crippen LogP contribution in [-0.2, 0) is 14.6 Å². The lowest BCUT2D eigenvalue weighted by Gasteiger charge is -1.92. The van der Waals surface area contributed by atoms with E-state index in [4.69, 9.17) is 0 Å². The lowest BCUT2D eigenvalue weighted by atomic mass is 10.7. The molecule has 0 aliphatic heterocycles. The molecule has 41 valence electrons. The van der Waals surface area contributed by atoms with Gasteiger partial charge in [-0.25, -0.2) is 5.11 Å². The van der Waals surface area contributed by atoms with Gasteiger partial charge in [0.05, 0.1) is 0 Å². The maximum atomic E-state index is 9.84. The average molecular weight is 103 g/mol. The van der Waals surface area contributed by atoms with Crippen LogP contribution < -0.4 is 0 Å². The normalized spacial score (nSPS) is 8.29. The largest absolute Gasteiger partial charge is 0.463 e. The van der Waals surface area contributed by atoms with Crippen LogP contribution in [0.15, 0.2) is 0 Å². The molecule has 0 N–H and O–H groups in total. The van der Waals surface area contributed by atoms with Crippen LogP contribution in [0.2, 0.25) is 0 Å². The van der Waals surface area contributed by atoms with Crippen LogP contribution in [0.1, 0.15) is 6.92 Å². The fourth-order valence-electron chi connectivity index (χ4n) is 0.185. The Bertz CT molecular complexity index is 60.0. The van der Waals surface area contributed by atoms with Gasteiger partial charge in [-0.3, -0.25) is 4.79 Å². The minimum Gasteiger partial charge on any atom is -0.463 e. The first kappa shape index (κ1) is 6.43. The zero-order chi connectivity index (χ0) is 5.70. The van der Waals surface area contributed by atoms with Crippen LogP contribution in [0.25, 0.3) is 0 Å². The van der Waals surface area contributed by atoms with Gasteiger partial charge < -0.3 is 4.74 Å². The van der Waals surface area contributed by atoms with Crippen LogP contribution in [-0.4, -0.2) is 19.2 Å². The van der Waals surface area contributed by atoms with Crippen molar-refractivity contribution in [2.45, 2.75) is 6.92 Å². The molecule has 0 aromatic rings. The van der Waals surface area contributed by atoms with Gasteiger partial charge in [0.2, 0.25) is 0 Å². The fourth-order valence-corrected chi connectivity index (χ4v) is 0.185. The first-order chi connectivity index (χ1) is 3.27. The van der Waals surface area contributed by atoms with E-state index in [1.807, 2.05) is 0 Å². The van der Waals surface area contributed by atoms with Crippen molar-refractivity contribution in [2.75, 3.05) is 13.2 Å². The SMILES string of the molecule is CC(=O)OCC[O]. The molecular formula is C4H7O3. The Labute approximate surface area is 41.9 Å². The summed E-state index contributed by atoms with van der Waals surface area (Å²) >= 11 is 0. The highest BCUT2D eigenvalue weighted by Crippen LogP contribution is 1.71. The third-order valence-electron chi connectivity index (χ3n) is 0.389. The number of carbonyl (C=O) groups excluding carboxylic acids is 1. The van der Waals surface area contributed by atoms with Crippen molar-refractivity contribution in [3.05, 3.63) is 0 Å². The van der Waals surface area contributed by atoms with E-state index in [9.17, 15) is 9.90 Å². The Morgan fingerprint density at radius 1 is 1.71 bits per heavy atom. The fraction of sp³-hybridized carbons (Fsp3) is 0.750. The van der Waals surface area contributed by atoms with Crippen molar-refractivity contribution in [1.82, 2.24) is 0 Å². The highest BCUT2D eigenvalue weighted by molar-refractivity contribution is 5.65. The third kappa shape index (κ3) is 5.43. The summed E-state index contributed by atoms with van der Waals surface area (Å²) in [5, 5.41) is 9.56. The van der Waals surface area contributed by atoms with Gasteiger partial charge in [0.1, 0.15) is 13.2 Å². The molecule has 0 aliphatic rings. The van der Waals surface area contributed by atoms with Crippen LogP contribution in [0, 0.1) is 0 Å². The molecule has 0 fully saturated rings. The molecule has 0 bridgehead atoms. The predicted molar refractivity (Wildman–Crippen MR) is 22.2 cm³/mol. The van der Waals surface area contributed by atoms with Gasteiger partial charge in [-0.1, -0.05) is 0 Å². The van der Waals surface area contributed by atoms with Crippen LogP contribution in [0.4, 0.5) is 0 Å². The summed E-state index contributed by atoms with van der Waals surface area (Å²) in [4.78, 5) is 9.84. The highest BCUT2D eigenvalue weighted by atomic mass is 16.5. The smallest absolute Gasteiger partial charge is 0.302 e. The molecule has 0 aromatic heterocycles. The van der Waals surface area contributed by atoms with E-state index < -0.39 is 5.97 Å². The van der Waals surface area contributed by atoms with E-state index in [1.165, 1.54) is 6.92 Å². The quantitative estimate of drug-likeness (QED) is 0.461. The third-order valence-corrected chi connectivity index (χ3v) is 0.389. The Balaban J connectivity index is 2.82. The van der Waals surface area contributed by atoms with E-state index in [-0.39, 0.29) is 13.2 Å². The predicted octanol–water partition coefficient (Wildman–Crippen LogP) is -0.0200. The van der Waals surface area contributed by atoms with Gasteiger partial charge in [0.25, 0.3) is 0 Å². The van der Waals surface area contributed by atoms with Gasteiger partial charge in [-0.2, -0.15) is 0 Å². The molecule has 0 aliphatic carbocycles. The molecule has 0 spiro atoms. The molecule has 1 radical (unpaired) electrons. The molecule has 0 atom stereocenters. The zero-order valence-electron chi connectivity index (χ0n) is 4.14. The summed E-state index contributed by atoms with van der Waals surface area (Å²) in [5.41, 5.74) is 0. The van der Waals surface area contributed by atoms with E-state index in [0.717, 1.165) is 0 Å². The molecule has 0 saturated heterocycles. The van der Waals surface area contributed by atoms with Crippen LogP contribution in [0.3, 0.4) is 0 Å². The maximum absolute atomic E-state index is 9.84. The van der Waals surface area contributed by atoms with Crippen molar-refractivity contribution in [3.63, 3.8) is 0 Å². The average Bonchev–Trinajstić information content (AvgIpc) is 1.61. The van der Waals surface area contributed by atoms with E-state index >= 15 is 0 Å². The first-order valence-electron chi connectivity index (χ1n) is 1.99. The lowest BCUT2D eigenvalue weighted by molar-refractivity contribution is -0.142. The Hall–Kier alpha value is -0.570. The van der Waals surface area contributed by atoms with Crippen molar-refractivity contribution in [3.8, 4) is 0 Å². The van der Waals surface area contributed by atoms with Crippen molar-refractivity contribution < 1.29 is 14.6 Å². The van der Waals surface area contributed by atoms with Crippen LogP contribution in [0.5, 0.6) is 0 Å². The molecule has 0 amide bonds.